The molecule has 6 atom stereocenters. The molecular weight excluding hydrogens is 346 g/mol. The summed E-state index contributed by atoms with van der Waals surface area (Å²) in [5.74, 6) is 2.67. The minimum Gasteiger partial charge on any atom is -0.493 e. The van der Waals surface area contributed by atoms with Crippen LogP contribution in [-0.2, 0) is 4.79 Å². The summed E-state index contributed by atoms with van der Waals surface area (Å²) >= 11 is 0. The Morgan fingerprint density at radius 1 is 1.37 bits per heavy atom. The number of benzene rings is 1. The van der Waals surface area contributed by atoms with Crippen molar-refractivity contribution < 1.29 is 24.5 Å². The van der Waals surface area contributed by atoms with E-state index in [1.54, 1.807) is 18.9 Å². The fraction of sp³-hybridized carbons (Fsp3) is 0.667. The first-order valence-electron chi connectivity index (χ1n) is 9.66. The molecule has 27 heavy (non-hydrogen) atoms. The summed E-state index contributed by atoms with van der Waals surface area (Å²) in [6, 6.07) is 5.85. The van der Waals surface area contributed by atoms with E-state index in [0.29, 0.717) is 49.3 Å². The molecular formula is C21H31NO5. The minimum absolute atomic E-state index is 0.0415. The van der Waals surface area contributed by atoms with Crippen LogP contribution in [0.1, 0.15) is 38.7 Å². The second-order valence-corrected chi connectivity index (χ2v) is 8.41. The van der Waals surface area contributed by atoms with Crippen LogP contribution < -0.4 is 9.47 Å². The van der Waals surface area contributed by atoms with Crippen LogP contribution in [0.3, 0.4) is 0 Å². The zero-order valence-electron chi connectivity index (χ0n) is 16.6. The van der Waals surface area contributed by atoms with E-state index in [-0.39, 0.29) is 5.92 Å². The molecule has 0 amide bonds. The first-order chi connectivity index (χ1) is 12.8. The number of hydrogen-bond acceptors (Lipinski definition) is 6. The molecule has 0 spiro atoms. The van der Waals surface area contributed by atoms with Gasteiger partial charge in [0.05, 0.1) is 19.8 Å². The van der Waals surface area contributed by atoms with Crippen molar-refractivity contribution in [3.63, 3.8) is 0 Å². The highest BCUT2D eigenvalue weighted by molar-refractivity contribution is 5.55. The number of carbonyl (C=O) groups is 1. The van der Waals surface area contributed by atoms with Crippen molar-refractivity contribution in [1.82, 2.24) is 4.90 Å². The molecule has 1 aliphatic heterocycles. The second-order valence-electron chi connectivity index (χ2n) is 8.41. The third kappa shape index (κ3) is 3.98. The van der Waals surface area contributed by atoms with E-state index >= 15 is 0 Å². The Labute approximate surface area is 161 Å². The van der Waals surface area contributed by atoms with Crippen LogP contribution in [0.2, 0.25) is 0 Å². The maximum Gasteiger partial charge on any atom is 0.163 e. The summed E-state index contributed by atoms with van der Waals surface area (Å²) < 4.78 is 11.5. The van der Waals surface area contributed by atoms with Crippen LogP contribution in [0.15, 0.2) is 18.2 Å². The third-order valence-corrected chi connectivity index (χ3v) is 6.53. The number of nitrogens with zero attached hydrogens (tertiary/aromatic N) is 1. The van der Waals surface area contributed by atoms with Crippen molar-refractivity contribution in [3.8, 4) is 11.5 Å². The molecule has 3 rings (SSSR count). The number of aldehydes is 1. The molecule has 2 N–H and O–H groups in total. The number of aliphatic hydroxyl groups excluding tert-OH is 2. The van der Waals surface area contributed by atoms with E-state index < -0.39 is 17.7 Å². The van der Waals surface area contributed by atoms with Gasteiger partial charge in [0.25, 0.3) is 0 Å². The van der Waals surface area contributed by atoms with E-state index in [1.165, 1.54) is 6.42 Å². The fourth-order valence-electron chi connectivity index (χ4n) is 4.10. The Morgan fingerprint density at radius 3 is 2.63 bits per heavy atom. The number of likely N-dealkylation sites (tertiary alicyclic amines) is 1. The summed E-state index contributed by atoms with van der Waals surface area (Å²) in [4.78, 5) is 12.8. The number of carbonyl (C=O) groups excluding carboxylic acids is 1. The molecule has 1 saturated heterocycles. The topological polar surface area (TPSA) is 79.2 Å². The molecule has 6 heteroatoms. The van der Waals surface area contributed by atoms with Gasteiger partial charge in [0.15, 0.2) is 24.0 Å². The highest BCUT2D eigenvalue weighted by Crippen LogP contribution is 2.47. The van der Waals surface area contributed by atoms with Gasteiger partial charge in [-0.2, -0.15) is 0 Å². The Balaban J connectivity index is 1.87. The van der Waals surface area contributed by atoms with Gasteiger partial charge in [0, 0.05) is 24.4 Å². The molecule has 0 bridgehead atoms. The fourth-order valence-corrected chi connectivity index (χ4v) is 4.10. The van der Waals surface area contributed by atoms with Gasteiger partial charge in [-0.3, -0.25) is 9.69 Å². The van der Waals surface area contributed by atoms with E-state index in [0.717, 1.165) is 5.56 Å². The number of methoxy groups -OCH3 is 1. The molecule has 1 saturated carbocycles. The van der Waals surface area contributed by atoms with Crippen LogP contribution in [0.25, 0.3) is 0 Å². The Bertz CT molecular complexity index is 679. The van der Waals surface area contributed by atoms with Crippen molar-refractivity contribution >= 4 is 6.29 Å². The van der Waals surface area contributed by atoms with Crippen molar-refractivity contribution in [2.75, 3.05) is 26.8 Å². The van der Waals surface area contributed by atoms with Crippen LogP contribution >= 0.6 is 0 Å². The minimum atomic E-state index is -1.15. The van der Waals surface area contributed by atoms with Gasteiger partial charge in [0.1, 0.15) is 0 Å². The largest absolute Gasteiger partial charge is 0.493 e. The van der Waals surface area contributed by atoms with Gasteiger partial charge < -0.3 is 19.7 Å². The van der Waals surface area contributed by atoms with Crippen LogP contribution in [0, 0.1) is 17.3 Å². The summed E-state index contributed by atoms with van der Waals surface area (Å²) in [6.07, 6.45) is -0.0171. The predicted molar refractivity (Wildman–Crippen MR) is 102 cm³/mol. The van der Waals surface area contributed by atoms with Gasteiger partial charge in [-0.15, -0.1) is 0 Å². The van der Waals surface area contributed by atoms with Crippen LogP contribution in [0.4, 0.5) is 0 Å². The van der Waals surface area contributed by atoms with Crippen molar-refractivity contribution in [1.29, 1.82) is 0 Å². The van der Waals surface area contributed by atoms with E-state index in [9.17, 15) is 15.0 Å². The van der Waals surface area contributed by atoms with Crippen molar-refractivity contribution in [2.24, 2.45) is 17.3 Å². The number of rotatable bonds is 8. The number of aliphatic hydroxyl groups is 2. The highest BCUT2D eigenvalue weighted by Gasteiger charge is 2.48. The van der Waals surface area contributed by atoms with Gasteiger partial charge >= 0.3 is 0 Å². The smallest absolute Gasteiger partial charge is 0.163 e. The van der Waals surface area contributed by atoms with Gasteiger partial charge in [0.2, 0.25) is 0 Å². The molecule has 150 valence electrons. The quantitative estimate of drug-likeness (QED) is 0.675. The second kappa shape index (κ2) is 7.78. The third-order valence-electron chi connectivity index (χ3n) is 6.53. The number of hydrogen-bond donors (Lipinski definition) is 2. The molecule has 1 aliphatic carbocycles. The SMILES string of the molecule is COc1ccc([C@@H]2CN(C(O)C=O)C[C@@]2(C)[C@@H](C)O)cc1OC[C@@H]1C[C@H]1C. The summed E-state index contributed by atoms with van der Waals surface area (Å²) in [5, 5.41) is 20.4. The van der Waals surface area contributed by atoms with E-state index in [2.05, 4.69) is 6.92 Å². The lowest BCUT2D eigenvalue weighted by atomic mass is 9.72. The van der Waals surface area contributed by atoms with Crippen LogP contribution in [-0.4, -0.2) is 60.5 Å². The zero-order chi connectivity index (χ0) is 19.8. The summed E-state index contributed by atoms with van der Waals surface area (Å²) in [6.45, 7) is 7.59. The zero-order valence-corrected chi connectivity index (χ0v) is 16.6. The summed E-state index contributed by atoms with van der Waals surface area (Å²) in [5.41, 5.74) is 0.527. The average molecular weight is 377 g/mol. The van der Waals surface area contributed by atoms with Crippen LogP contribution in [0.5, 0.6) is 11.5 Å². The lowest BCUT2D eigenvalue weighted by molar-refractivity contribution is -0.123. The monoisotopic (exact) mass is 377 g/mol. The van der Waals surface area contributed by atoms with Crippen molar-refractivity contribution in [2.45, 2.75) is 45.4 Å². The van der Waals surface area contributed by atoms with Crippen molar-refractivity contribution in [3.05, 3.63) is 23.8 Å². The molecule has 1 aromatic rings. The highest BCUT2D eigenvalue weighted by atomic mass is 16.5. The first kappa shape index (κ1) is 20.1. The average Bonchev–Trinajstić information content (AvgIpc) is 3.24. The maximum absolute atomic E-state index is 11.0. The lowest BCUT2D eigenvalue weighted by Crippen LogP contribution is -2.39. The Kier molecular flexibility index (Phi) is 5.79. The van der Waals surface area contributed by atoms with E-state index in [1.807, 2.05) is 25.1 Å². The lowest BCUT2D eigenvalue weighted by Gasteiger charge is -2.34. The molecule has 1 unspecified atom stereocenters. The normalized spacial score (nSPS) is 32.7. The molecule has 6 nitrogen and oxygen atoms in total. The molecule has 2 aliphatic rings. The molecule has 1 heterocycles. The Morgan fingerprint density at radius 2 is 2.07 bits per heavy atom. The molecule has 0 radical (unpaired) electrons. The van der Waals surface area contributed by atoms with Gasteiger partial charge in [-0.25, -0.2) is 0 Å². The number of ether oxygens (including phenoxy) is 2. The maximum atomic E-state index is 11.0. The van der Waals surface area contributed by atoms with Gasteiger partial charge in [-0.05, 0) is 42.9 Å². The standard InChI is InChI=1S/C21H31NO5/c1-13-7-16(13)11-27-19-8-15(5-6-18(19)26-4)17-9-22(20(25)10-23)12-21(17,3)14(2)24/h5-6,8,10,13-14,16-17,20,24-25H,7,9,11-12H2,1-4H3/t13-,14-,16+,17+,20?,21+/m1/s1. The Hall–Kier alpha value is -1.63. The van der Waals surface area contributed by atoms with Gasteiger partial charge in [-0.1, -0.05) is 19.9 Å². The predicted octanol–water partition coefficient (Wildman–Crippen LogP) is 2.03. The first-order valence-corrected chi connectivity index (χ1v) is 9.66. The molecule has 1 aromatic carbocycles. The molecule has 0 aromatic heterocycles. The summed E-state index contributed by atoms with van der Waals surface area (Å²) in [7, 11) is 1.62. The van der Waals surface area contributed by atoms with E-state index in [4.69, 9.17) is 9.47 Å². The molecule has 2 fully saturated rings.